The second-order valence-electron chi connectivity index (χ2n) is 6.21. The molecule has 29 heavy (non-hydrogen) atoms. The van der Waals surface area contributed by atoms with Crippen LogP contribution in [-0.4, -0.2) is 40.3 Å². The third-order valence-electron chi connectivity index (χ3n) is 4.05. The van der Waals surface area contributed by atoms with E-state index in [9.17, 15) is 22.8 Å². The molecule has 5 N–H and O–H groups in total. The molecule has 1 aliphatic carbocycles. The highest BCUT2D eigenvalue weighted by atomic mass is 19.4. The number of carboxylic acids is 2. The lowest BCUT2D eigenvalue weighted by Crippen LogP contribution is -2.34. The number of amides is 1. The molecule has 1 aliphatic rings. The largest absolute Gasteiger partial charge is 0.490 e. The van der Waals surface area contributed by atoms with Crippen LogP contribution in [-0.2, 0) is 20.8 Å². The molecule has 154 valence electrons. The number of carboxylic acid groups (broad SMARTS) is 2. The van der Waals surface area contributed by atoms with Gasteiger partial charge in [0.05, 0.1) is 6.42 Å². The van der Waals surface area contributed by atoms with Gasteiger partial charge in [-0.1, -0.05) is 30.3 Å². The lowest BCUT2D eigenvalue weighted by Gasteiger charge is -2.09. The summed E-state index contributed by atoms with van der Waals surface area (Å²) in [5, 5.41) is 18.6. The monoisotopic (exact) mass is 410 g/mol. The topological polar surface area (TPSA) is 130 Å². The number of hydrogen-bond donors (Lipinski definition) is 4. The number of carbonyl (C=O) groups excluding carboxylic acids is 1. The summed E-state index contributed by atoms with van der Waals surface area (Å²) in [6, 6.07) is 12.7. The number of halogens is 3. The van der Waals surface area contributed by atoms with Crippen molar-refractivity contribution >= 4 is 23.5 Å². The standard InChI is InChI=1S/C17H16N2O3.C2HF3O2/c18-15(17(21)22)9-16(20)19-12-6-5-11-7-10-3-1-2-4-13(10)14(11)8-12;3-2(4,5)1(6)7/h1-6,8,15H,7,9,18H2,(H,19,20)(H,21,22);(H,6,7)/t15-;/m0./s1. The number of benzene rings is 2. The van der Waals surface area contributed by atoms with Gasteiger partial charge in [0.2, 0.25) is 5.91 Å². The molecule has 0 saturated carbocycles. The Morgan fingerprint density at radius 2 is 1.62 bits per heavy atom. The zero-order valence-corrected chi connectivity index (χ0v) is 14.9. The Kier molecular flexibility index (Phi) is 6.60. The number of alkyl halides is 3. The van der Waals surface area contributed by atoms with Crippen LogP contribution >= 0.6 is 0 Å². The van der Waals surface area contributed by atoms with E-state index in [1.165, 1.54) is 16.7 Å². The van der Waals surface area contributed by atoms with E-state index in [0.717, 1.165) is 12.0 Å². The molecule has 1 amide bonds. The molecule has 0 saturated heterocycles. The number of nitrogens with one attached hydrogen (secondary N) is 1. The van der Waals surface area contributed by atoms with E-state index in [-0.39, 0.29) is 6.42 Å². The third kappa shape index (κ3) is 5.79. The van der Waals surface area contributed by atoms with Crippen molar-refractivity contribution in [2.75, 3.05) is 5.32 Å². The van der Waals surface area contributed by atoms with Crippen molar-refractivity contribution in [2.45, 2.75) is 25.1 Å². The molecular formula is C19H17F3N2O5. The Morgan fingerprint density at radius 1 is 1.03 bits per heavy atom. The highest BCUT2D eigenvalue weighted by Gasteiger charge is 2.38. The van der Waals surface area contributed by atoms with Gasteiger partial charge < -0.3 is 21.3 Å². The van der Waals surface area contributed by atoms with Gasteiger partial charge >= 0.3 is 18.1 Å². The molecule has 0 radical (unpaired) electrons. The number of hydrogen-bond acceptors (Lipinski definition) is 4. The van der Waals surface area contributed by atoms with Gasteiger partial charge in [0.1, 0.15) is 6.04 Å². The first-order valence-corrected chi connectivity index (χ1v) is 8.28. The smallest absolute Gasteiger partial charge is 0.480 e. The van der Waals surface area contributed by atoms with Crippen molar-refractivity contribution in [3.8, 4) is 11.1 Å². The number of fused-ring (bicyclic) bond motifs is 3. The summed E-state index contributed by atoms with van der Waals surface area (Å²) in [4.78, 5) is 31.4. The Bertz CT molecular complexity index is 944. The fraction of sp³-hybridized carbons (Fsp3) is 0.211. The van der Waals surface area contributed by atoms with Crippen molar-refractivity contribution < 1.29 is 37.8 Å². The summed E-state index contributed by atoms with van der Waals surface area (Å²) >= 11 is 0. The summed E-state index contributed by atoms with van der Waals surface area (Å²) in [5.74, 6) is -4.34. The summed E-state index contributed by atoms with van der Waals surface area (Å²) in [5.41, 5.74) is 10.8. The maximum atomic E-state index is 11.8. The molecule has 0 fully saturated rings. The van der Waals surface area contributed by atoms with Crippen molar-refractivity contribution in [3.05, 3.63) is 53.6 Å². The van der Waals surface area contributed by atoms with E-state index >= 15 is 0 Å². The van der Waals surface area contributed by atoms with E-state index in [0.29, 0.717) is 5.69 Å². The van der Waals surface area contributed by atoms with Gasteiger partial charge in [0.15, 0.2) is 0 Å². The van der Waals surface area contributed by atoms with Crippen molar-refractivity contribution in [1.29, 1.82) is 0 Å². The van der Waals surface area contributed by atoms with E-state index in [4.69, 9.17) is 20.7 Å². The normalized spacial score (nSPS) is 12.7. The summed E-state index contributed by atoms with van der Waals surface area (Å²) in [6.45, 7) is 0. The molecule has 0 aromatic heterocycles. The predicted octanol–water partition coefficient (Wildman–Crippen LogP) is 2.63. The van der Waals surface area contributed by atoms with Crippen LogP contribution in [0.25, 0.3) is 11.1 Å². The SMILES string of the molecule is N[C@@H](CC(=O)Nc1ccc2c(c1)-c1ccccc1C2)C(=O)O.O=C(O)C(F)(F)F. The molecule has 0 aliphatic heterocycles. The van der Waals surface area contributed by atoms with E-state index in [2.05, 4.69) is 17.4 Å². The first kappa shape index (κ1) is 21.9. The molecule has 1 atom stereocenters. The highest BCUT2D eigenvalue weighted by Crippen LogP contribution is 2.37. The Hall–Kier alpha value is -3.40. The molecule has 0 spiro atoms. The lowest BCUT2D eigenvalue weighted by atomic mass is 10.1. The zero-order chi connectivity index (χ0) is 21.8. The Morgan fingerprint density at radius 3 is 2.21 bits per heavy atom. The maximum absolute atomic E-state index is 11.8. The average Bonchev–Trinajstić information content (AvgIpc) is 2.99. The van der Waals surface area contributed by atoms with Gasteiger partial charge in [-0.05, 0) is 40.8 Å². The zero-order valence-electron chi connectivity index (χ0n) is 14.9. The van der Waals surface area contributed by atoms with Crippen LogP contribution in [0.3, 0.4) is 0 Å². The first-order chi connectivity index (χ1) is 13.5. The number of rotatable bonds is 4. The van der Waals surface area contributed by atoms with Gasteiger partial charge in [-0.25, -0.2) is 4.79 Å². The van der Waals surface area contributed by atoms with Crippen LogP contribution in [0, 0.1) is 0 Å². The molecule has 0 heterocycles. The lowest BCUT2D eigenvalue weighted by molar-refractivity contribution is -0.192. The van der Waals surface area contributed by atoms with E-state index in [1.54, 1.807) is 0 Å². The molecule has 0 bridgehead atoms. The van der Waals surface area contributed by atoms with Crippen molar-refractivity contribution in [3.63, 3.8) is 0 Å². The number of nitrogens with two attached hydrogens (primary N) is 1. The number of aliphatic carboxylic acids is 2. The van der Waals surface area contributed by atoms with Gasteiger partial charge in [-0.3, -0.25) is 9.59 Å². The van der Waals surface area contributed by atoms with Gasteiger partial charge in [-0.15, -0.1) is 0 Å². The minimum Gasteiger partial charge on any atom is -0.480 e. The van der Waals surface area contributed by atoms with Crippen molar-refractivity contribution in [2.24, 2.45) is 5.73 Å². The summed E-state index contributed by atoms with van der Waals surface area (Å²) < 4.78 is 31.7. The molecular weight excluding hydrogens is 393 g/mol. The molecule has 0 unspecified atom stereocenters. The van der Waals surface area contributed by atoms with Crippen LogP contribution < -0.4 is 11.1 Å². The second-order valence-corrected chi connectivity index (χ2v) is 6.21. The Labute approximate surface area is 163 Å². The van der Waals surface area contributed by atoms with Crippen LogP contribution in [0.5, 0.6) is 0 Å². The van der Waals surface area contributed by atoms with E-state index in [1.807, 2.05) is 30.3 Å². The minimum absolute atomic E-state index is 0.247. The van der Waals surface area contributed by atoms with Crippen LogP contribution in [0.15, 0.2) is 42.5 Å². The molecule has 2 aromatic rings. The van der Waals surface area contributed by atoms with E-state index < -0.39 is 30.1 Å². The first-order valence-electron chi connectivity index (χ1n) is 8.28. The predicted molar refractivity (Wildman–Crippen MR) is 97.2 cm³/mol. The third-order valence-corrected chi connectivity index (χ3v) is 4.05. The summed E-state index contributed by atoms with van der Waals surface area (Å²) in [7, 11) is 0. The van der Waals surface area contributed by atoms with Gasteiger partial charge in [0.25, 0.3) is 0 Å². The minimum atomic E-state index is -5.08. The van der Waals surface area contributed by atoms with Crippen molar-refractivity contribution in [1.82, 2.24) is 0 Å². The molecule has 7 nitrogen and oxygen atoms in total. The fourth-order valence-corrected chi connectivity index (χ4v) is 2.70. The molecule has 10 heteroatoms. The number of carbonyl (C=O) groups is 3. The van der Waals surface area contributed by atoms with Crippen LogP contribution in [0.4, 0.5) is 18.9 Å². The van der Waals surface area contributed by atoms with Gasteiger partial charge in [0, 0.05) is 5.69 Å². The summed E-state index contributed by atoms with van der Waals surface area (Å²) in [6.07, 6.45) is -4.44. The van der Waals surface area contributed by atoms with Crippen LogP contribution in [0.1, 0.15) is 17.5 Å². The Balaban J connectivity index is 0.000000370. The second kappa shape index (κ2) is 8.74. The number of anilines is 1. The molecule has 2 aromatic carbocycles. The fourth-order valence-electron chi connectivity index (χ4n) is 2.70. The average molecular weight is 410 g/mol. The maximum Gasteiger partial charge on any atom is 0.490 e. The van der Waals surface area contributed by atoms with Gasteiger partial charge in [-0.2, -0.15) is 13.2 Å². The highest BCUT2D eigenvalue weighted by molar-refractivity contribution is 5.95. The van der Waals surface area contributed by atoms with Crippen LogP contribution in [0.2, 0.25) is 0 Å². The molecule has 3 rings (SSSR count). The quantitative estimate of drug-likeness (QED) is 0.523.